The van der Waals surface area contributed by atoms with Gasteiger partial charge in [-0.3, -0.25) is 4.79 Å². The minimum Gasteiger partial charge on any atom is -0.355 e. The Morgan fingerprint density at radius 3 is 2.65 bits per heavy atom. The zero-order valence-corrected chi connectivity index (χ0v) is 15.5. The maximum absolute atomic E-state index is 13.1. The number of nitrogens with zero attached hydrogens (tertiary/aromatic N) is 3. The second-order valence-electron chi connectivity index (χ2n) is 7.95. The normalized spacial score (nSPS) is 22.9. The number of rotatable bonds is 3. The first-order valence-electron chi connectivity index (χ1n) is 9.45. The molecule has 1 aromatic carbocycles. The van der Waals surface area contributed by atoms with Crippen molar-refractivity contribution in [3.8, 4) is 0 Å². The average Bonchev–Trinajstić information content (AvgIpc) is 3.04. The van der Waals surface area contributed by atoms with Gasteiger partial charge >= 0.3 is 0 Å². The van der Waals surface area contributed by atoms with Crippen molar-refractivity contribution in [3.63, 3.8) is 0 Å². The fourth-order valence-corrected chi connectivity index (χ4v) is 4.25. The molecule has 1 atom stereocenters. The van der Waals surface area contributed by atoms with E-state index in [9.17, 15) is 4.79 Å². The molecule has 0 radical (unpaired) electrons. The molecule has 1 N–H and O–H groups in total. The van der Waals surface area contributed by atoms with Crippen LogP contribution in [0.25, 0.3) is 0 Å². The van der Waals surface area contributed by atoms with Crippen LogP contribution in [0.15, 0.2) is 36.7 Å². The number of piperidine rings is 1. The zero-order valence-electron chi connectivity index (χ0n) is 15.5. The van der Waals surface area contributed by atoms with Crippen LogP contribution >= 0.6 is 0 Å². The monoisotopic (exact) mass is 350 g/mol. The Labute approximate surface area is 154 Å². The highest BCUT2D eigenvalue weighted by Crippen LogP contribution is 2.33. The van der Waals surface area contributed by atoms with Gasteiger partial charge in [0.2, 0.25) is 5.91 Å². The molecule has 0 saturated carbocycles. The molecular weight excluding hydrogens is 324 g/mol. The van der Waals surface area contributed by atoms with Crippen molar-refractivity contribution in [1.82, 2.24) is 15.3 Å². The SMILES string of the molecule is Cc1cc(N2CCC[C@](C)(C(=O)NC3Cc4ccccc4C3)C2)ncn1. The van der Waals surface area contributed by atoms with Crippen molar-refractivity contribution in [2.75, 3.05) is 18.0 Å². The third-order valence-corrected chi connectivity index (χ3v) is 5.74. The summed E-state index contributed by atoms with van der Waals surface area (Å²) in [5.41, 5.74) is 3.30. The van der Waals surface area contributed by atoms with Gasteiger partial charge in [0.15, 0.2) is 0 Å². The molecule has 0 unspecified atom stereocenters. The van der Waals surface area contributed by atoms with Gasteiger partial charge in [0.25, 0.3) is 0 Å². The molecule has 1 aliphatic carbocycles. The molecule has 5 nitrogen and oxygen atoms in total. The Morgan fingerprint density at radius 2 is 1.96 bits per heavy atom. The molecule has 2 aliphatic rings. The van der Waals surface area contributed by atoms with Gasteiger partial charge in [-0.1, -0.05) is 24.3 Å². The average molecular weight is 350 g/mol. The van der Waals surface area contributed by atoms with Crippen LogP contribution in [-0.2, 0) is 17.6 Å². The number of aromatic nitrogens is 2. The summed E-state index contributed by atoms with van der Waals surface area (Å²) in [5.74, 6) is 1.09. The Balaban J connectivity index is 1.44. The lowest BCUT2D eigenvalue weighted by molar-refractivity contribution is -0.131. The molecule has 5 heteroatoms. The van der Waals surface area contributed by atoms with Crippen LogP contribution in [-0.4, -0.2) is 35.0 Å². The molecular formula is C21H26N4O. The fourth-order valence-electron chi connectivity index (χ4n) is 4.25. The number of aryl methyl sites for hydroxylation is 1. The summed E-state index contributed by atoms with van der Waals surface area (Å²) in [6.45, 7) is 5.70. The Hall–Kier alpha value is -2.43. The zero-order chi connectivity index (χ0) is 18.1. The minimum absolute atomic E-state index is 0.172. The lowest BCUT2D eigenvalue weighted by Crippen LogP contribution is -2.52. The molecule has 1 fully saturated rings. The largest absolute Gasteiger partial charge is 0.355 e. The van der Waals surface area contributed by atoms with E-state index in [1.54, 1.807) is 6.33 Å². The minimum atomic E-state index is -0.383. The second-order valence-corrected chi connectivity index (χ2v) is 7.95. The van der Waals surface area contributed by atoms with Gasteiger partial charge in [-0.2, -0.15) is 0 Å². The molecule has 2 aromatic rings. The van der Waals surface area contributed by atoms with Crippen LogP contribution < -0.4 is 10.2 Å². The predicted molar refractivity (Wildman–Crippen MR) is 102 cm³/mol. The summed E-state index contributed by atoms with van der Waals surface area (Å²) in [7, 11) is 0. The molecule has 26 heavy (non-hydrogen) atoms. The first kappa shape index (κ1) is 17.0. The molecule has 0 spiro atoms. The maximum atomic E-state index is 13.1. The van der Waals surface area contributed by atoms with Gasteiger partial charge in [0.1, 0.15) is 12.1 Å². The Bertz CT molecular complexity index is 796. The van der Waals surface area contributed by atoms with Gasteiger partial charge < -0.3 is 10.2 Å². The van der Waals surface area contributed by atoms with E-state index in [1.165, 1.54) is 11.1 Å². The predicted octanol–water partition coefficient (Wildman–Crippen LogP) is 2.68. The van der Waals surface area contributed by atoms with E-state index in [2.05, 4.69) is 51.4 Å². The Kier molecular flexibility index (Phi) is 4.39. The fraction of sp³-hybridized carbons (Fsp3) is 0.476. The van der Waals surface area contributed by atoms with E-state index in [4.69, 9.17) is 0 Å². The molecule has 0 bridgehead atoms. The van der Waals surface area contributed by atoms with Crippen LogP contribution in [0.5, 0.6) is 0 Å². The van der Waals surface area contributed by atoms with Gasteiger partial charge in [-0.15, -0.1) is 0 Å². The quantitative estimate of drug-likeness (QED) is 0.925. The van der Waals surface area contributed by atoms with Crippen LogP contribution in [0, 0.1) is 12.3 Å². The summed E-state index contributed by atoms with van der Waals surface area (Å²) in [4.78, 5) is 23.9. The van der Waals surface area contributed by atoms with Crippen molar-refractivity contribution >= 4 is 11.7 Å². The van der Waals surface area contributed by atoms with Gasteiger partial charge in [-0.05, 0) is 50.7 Å². The van der Waals surface area contributed by atoms with E-state index in [0.717, 1.165) is 43.7 Å². The number of benzene rings is 1. The van der Waals surface area contributed by atoms with Crippen molar-refractivity contribution in [2.24, 2.45) is 5.41 Å². The van der Waals surface area contributed by atoms with Crippen LogP contribution in [0.3, 0.4) is 0 Å². The Morgan fingerprint density at radius 1 is 1.23 bits per heavy atom. The molecule has 1 aliphatic heterocycles. The van der Waals surface area contributed by atoms with Crippen molar-refractivity contribution in [3.05, 3.63) is 53.5 Å². The van der Waals surface area contributed by atoms with Crippen molar-refractivity contribution < 1.29 is 4.79 Å². The van der Waals surface area contributed by atoms with E-state index < -0.39 is 0 Å². The van der Waals surface area contributed by atoms with Crippen LogP contribution in [0.2, 0.25) is 0 Å². The van der Waals surface area contributed by atoms with Crippen molar-refractivity contribution in [1.29, 1.82) is 0 Å². The molecule has 2 heterocycles. The summed E-state index contributed by atoms with van der Waals surface area (Å²) in [6.07, 6.45) is 5.39. The number of fused-ring (bicyclic) bond motifs is 1. The third-order valence-electron chi connectivity index (χ3n) is 5.74. The first-order valence-corrected chi connectivity index (χ1v) is 9.45. The smallest absolute Gasteiger partial charge is 0.227 e. The maximum Gasteiger partial charge on any atom is 0.227 e. The highest BCUT2D eigenvalue weighted by Gasteiger charge is 2.39. The molecule has 1 aromatic heterocycles. The van der Waals surface area contributed by atoms with Crippen molar-refractivity contribution in [2.45, 2.75) is 45.6 Å². The van der Waals surface area contributed by atoms with E-state index in [-0.39, 0.29) is 17.4 Å². The number of hydrogen-bond donors (Lipinski definition) is 1. The highest BCUT2D eigenvalue weighted by atomic mass is 16.2. The highest BCUT2D eigenvalue weighted by molar-refractivity contribution is 5.83. The van der Waals surface area contributed by atoms with Crippen LogP contribution in [0.1, 0.15) is 36.6 Å². The standard InChI is InChI=1S/C21H26N4O/c1-15-10-19(23-14-22-15)25-9-5-8-21(2,13-25)20(26)24-18-11-16-6-3-4-7-17(16)12-18/h3-4,6-7,10,14,18H,5,8-9,11-13H2,1-2H3,(H,24,26)/t21-/m0/s1. The number of carbonyl (C=O) groups is 1. The molecule has 1 saturated heterocycles. The van der Waals surface area contributed by atoms with Crippen LogP contribution in [0.4, 0.5) is 5.82 Å². The second kappa shape index (κ2) is 6.71. The summed E-state index contributed by atoms with van der Waals surface area (Å²) < 4.78 is 0. The van der Waals surface area contributed by atoms with Gasteiger partial charge in [0.05, 0.1) is 5.41 Å². The number of hydrogen-bond acceptors (Lipinski definition) is 4. The molecule has 1 amide bonds. The lowest BCUT2D eigenvalue weighted by atomic mass is 9.80. The summed E-state index contributed by atoms with van der Waals surface area (Å²) >= 11 is 0. The molecule has 136 valence electrons. The third kappa shape index (κ3) is 3.30. The van der Waals surface area contributed by atoms with Gasteiger partial charge in [0, 0.05) is 30.9 Å². The number of anilines is 1. The summed E-state index contributed by atoms with van der Waals surface area (Å²) in [6, 6.07) is 10.7. The first-order chi connectivity index (χ1) is 12.5. The van der Waals surface area contributed by atoms with Gasteiger partial charge in [-0.25, -0.2) is 9.97 Å². The van der Waals surface area contributed by atoms with E-state index in [0.29, 0.717) is 6.54 Å². The topological polar surface area (TPSA) is 58.1 Å². The van der Waals surface area contributed by atoms with E-state index >= 15 is 0 Å². The number of carbonyl (C=O) groups excluding carboxylic acids is 1. The lowest BCUT2D eigenvalue weighted by Gasteiger charge is -2.40. The van der Waals surface area contributed by atoms with E-state index in [1.807, 2.05) is 13.0 Å². The number of nitrogens with one attached hydrogen (secondary N) is 1. The molecule has 4 rings (SSSR count). The summed E-state index contributed by atoms with van der Waals surface area (Å²) in [5, 5.41) is 3.32. The number of amides is 1.